The first kappa shape index (κ1) is 28.6. The molecule has 0 radical (unpaired) electrons. The molecular weight excluding hydrogens is 593 g/mol. The van der Waals surface area contributed by atoms with Gasteiger partial charge in [0.25, 0.3) is 0 Å². The lowest BCUT2D eigenvalue weighted by atomic mass is 9.80. The van der Waals surface area contributed by atoms with Crippen molar-refractivity contribution >= 4 is 43.1 Å². The highest BCUT2D eigenvalue weighted by atomic mass is 16.5. The largest absolute Gasteiger partial charge is 0.455 e. The maximum atomic E-state index is 7.49. The number of hydrogen-bond acceptors (Lipinski definition) is 1. The molecule has 0 unspecified atom stereocenters. The van der Waals surface area contributed by atoms with E-state index in [4.69, 9.17) is 4.74 Å². The summed E-state index contributed by atoms with van der Waals surface area (Å²) >= 11 is 0. The van der Waals surface area contributed by atoms with Crippen molar-refractivity contribution < 1.29 is 4.74 Å². The Morgan fingerprint density at radius 2 is 0.878 bits per heavy atom. The zero-order chi connectivity index (χ0) is 33.3. The van der Waals surface area contributed by atoms with Gasteiger partial charge >= 0.3 is 0 Å². The smallest absolute Gasteiger partial charge is 0.143 e. The summed E-state index contributed by atoms with van der Waals surface area (Å²) in [6, 6.07) is 36.7. The van der Waals surface area contributed by atoms with E-state index in [9.17, 15) is 0 Å². The second-order valence-corrected chi connectivity index (χ2v) is 14.7. The molecular formula is C48H38O. The molecule has 236 valence electrons. The van der Waals surface area contributed by atoms with Gasteiger partial charge in [-0.3, -0.25) is 0 Å². The summed E-state index contributed by atoms with van der Waals surface area (Å²) in [4.78, 5) is 0. The maximum absolute atomic E-state index is 7.49. The molecule has 10 rings (SSSR count). The molecule has 0 amide bonds. The average Bonchev–Trinajstić information content (AvgIpc) is 3.26. The van der Waals surface area contributed by atoms with Crippen LogP contribution in [0.4, 0.5) is 0 Å². The second kappa shape index (κ2) is 10.1. The minimum atomic E-state index is 0.970. The first-order chi connectivity index (χ1) is 23.8. The number of benzene rings is 8. The van der Waals surface area contributed by atoms with E-state index in [1.165, 1.54) is 121 Å². The number of hydrogen-bond donors (Lipinski definition) is 0. The molecule has 1 aliphatic heterocycles. The number of rotatable bonds is 2. The Balaban J connectivity index is 1.44. The molecule has 1 heterocycles. The van der Waals surface area contributed by atoms with Crippen molar-refractivity contribution in [2.75, 3.05) is 0 Å². The lowest BCUT2D eigenvalue weighted by Crippen LogP contribution is -2.04. The molecule has 49 heavy (non-hydrogen) atoms. The lowest BCUT2D eigenvalue weighted by molar-refractivity contribution is 0.495. The zero-order valence-corrected chi connectivity index (χ0v) is 29.1. The normalized spacial score (nSPS) is 13.1. The third-order valence-electron chi connectivity index (χ3n) is 11.5. The van der Waals surface area contributed by atoms with E-state index in [1.54, 1.807) is 0 Å². The average molecular weight is 631 g/mol. The van der Waals surface area contributed by atoms with Gasteiger partial charge in [0.2, 0.25) is 0 Å². The van der Waals surface area contributed by atoms with Crippen LogP contribution in [0.1, 0.15) is 44.5 Å². The molecule has 0 aromatic heterocycles. The van der Waals surface area contributed by atoms with Crippen LogP contribution in [0.25, 0.3) is 76.5 Å². The fourth-order valence-electron chi connectivity index (χ4n) is 9.88. The highest BCUT2D eigenvalue weighted by Crippen LogP contribution is 2.60. The topological polar surface area (TPSA) is 9.23 Å². The predicted molar refractivity (Wildman–Crippen MR) is 209 cm³/mol. The SMILES string of the molecule is Cc1cc(C)c(-c2ccc3c4c2CCc2c5c6c(c(-c7c(C)cc(C)cc7C)ccc6c6ccccc26)Oc(c4-5)c2ccccc23)c(C)c1. The van der Waals surface area contributed by atoms with Crippen LogP contribution < -0.4 is 4.74 Å². The zero-order valence-electron chi connectivity index (χ0n) is 29.1. The maximum Gasteiger partial charge on any atom is 0.143 e. The van der Waals surface area contributed by atoms with Crippen molar-refractivity contribution in [3.05, 3.63) is 142 Å². The molecule has 1 nitrogen and oxygen atoms in total. The van der Waals surface area contributed by atoms with Crippen LogP contribution in [0, 0.1) is 41.5 Å². The van der Waals surface area contributed by atoms with Crippen LogP contribution in [-0.4, -0.2) is 0 Å². The molecule has 2 aliphatic rings. The Bertz CT molecular complexity index is 2750. The highest BCUT2D eigenvalue weighted by molar-refractivity contribution is 6.28. The molecule has 0 spiro atoms. The van der Waals surface area contributed by atoms with Crippen LogP contribution >= 0.6 is 0 Å². The van der Waals surface area contributed by atoms with E-state index >= 15 is 0 Å². The van der Waals surface area contributed by atoms with Crippen LogP contribution in [0.5, 0.6) is 11.5 Å². The first-order valence-electron chi connectivity index (χ1n) is 17.7. The van der Waals surface area contributed by atoms with Crippen LogP contribution in [0.2, 0.25) is 0 Å². The summed E-state index contributed by atoms with van der Waals surface area (Å²) in [6.45, 7) is 13.4. The van der Waals surface area contributed by atoms with E-state index in [1.807, 2.05) is 0 Å². The van der Waals surface area contributed by atoms with Crippen molar-refractivity contribution in [2.45, 2.75) is 54.4 Å². The molecule has 0 atom stereocenters. The quantitative estimate of drug-likeness (QED) is 0.173. The van der Waals surface area contributed by atoms with Crippen molar-refractivity contribution in [1.82, 2.24) is 0 Å². The second-order valence-electron chi connectivity index (χ2n) is 14.7. The lowest BCUT2D eigenvalue weighted by Gasteiger charge is -2.29. The molecule has 1 aliphatic carbocycles. The molecule has 0 N–H and O–H groups in total. The Morgan fingerprint density at radius 1 is 0.388 bits per heavy atom. The van der Waals surface area contributed by atoms with Gasteiger partial charge in [0.1, 0.15) is 11.5 Å². The summed E-state index contributed by atoms with van der Waals surface area (Å²) in [5, 5.41) is 10.3. The number of aryl methyl sites for hydroxylation is 8. The van der Waals surface area contributed by atoms with Gasteiger partial charge in [-0.05, 0) is 143 Å². The van der Waals surface area contributed by atoms with Crippen molar-refractivity contribution in [1.29, 1.82) is 0 Å². The van der Waals surface area contributed by atoms with Crippen LogP contribution in [0.3, 0.4) is 0 Å². The van der Waals surface area contributed by atoms with Gasteiger partial charge in [-0.25, -0.2) is 0 Å². The molecule has 0 fully saturated rings. The van der Waals surface area contributed by atoms with Crippen molar-refractivity contribution in [2.24, 2.45) is 0 Å². The van der Waals surface area contributed by atoms with E-state index in [2.05, 4.69) is 139 Å². The van der Waals surface area contributed by atoms with Crippen LogP contribution in [-0.2, 0) is 12.8 Å². The van der Waals surface area contributed by atoms with Crippen molar-refractivity contribution in [3.8, 4) is 44.9 Å². The minimum Gasteiger partial charge on any atom is -0.455 e. The number of fused-ring (bicyclic) bond motifs is 6. The first-order valence-corrected chi connectivity index (χ1v) is 17.7. The molecule has 0 saturated carbocycles. The Morgan fingerprint density at radius 3 is 1.51 bits per heavy atom. The molecule has 8 aromatic carbocycles. The van der Waals surface area contributed by atoms with Gasteiger partial charge < -0.3 is 4.74 Å². The third-order valence-corrected chi connectivity index (χ3v) is 11.5. The van der Waals surface area contributed by atoms with Gasteiger partial charge in [0, 0.05) is 27.5 Å². The van der Waals surface area contributed by atoms with Crippen molar-refractivity contribution in [3.63, 3.8) is 0 Å². The van der Waals surface area contributed by atoms with Gasteiger partial charge in [0.05, 0.1) is 0 Å². The van der Waals surface area contributed by atoms with Gasteiger partial charge in [-0.15, -0.1) is 0 Å². The Kier molecular flexibility index (Phi) is 5.87. The summed E-state index contributed by atoms with van der Waals surface area (Å²) in [5.74, 6) is 2.00. The van der Waals surface area contributed by atoms with Gasteiger partial charge in [-0.2, -0.15) is 0 Å². The molecule has 8 aromatic rings. The van der Waals surface area contributed by atoms with Gasteiger partial charge in [0.15, 0.2) is 0 Å². The van der Waals surface area contributed by atoms with E-state index < -0.39 is 0 Å². The summed E-state index contributed by atoms with van der Waals surface area (Å²) < 4.78 is 7.49. The third kappa shape index (κ3) is 3.82. The highest BCUT2D eigenvalue weighted by Gasteiger charge is 2.34. The Hall–Kier alpha value is -5.40. The molecule has 0 bridgehead atoms. The minimum absolute atomic E-state index is 0.970. The van der Waals surface area contributed by atoms with E-state index in [0.29, 0.717) is 0 Å². The van der Waals surface area contributed by atoms with Crippen LogP contribution in [0.15, 0.2) is 97.1 Å². The fraction of sp³-hybridized carbons (Fsp3) is 0.167. The van der Waals surface area contributed by atoms with E-state index in [0.717, 1.165) is 24.3 Å². The number of ether oxygens (including phenoxy) is 1. The molecule has 1 heteroatoms. The molecule has 0 saturated heterocycles. The van der Waals surface area contributed by atoms with E-state index in [-0.39, 0.29) is 0 Å². The van der Waals surface area contributed by atoms with Gasteiger partial charge in [-0.1, -0.05) is 102 Å². The standard InChI is InChI=1S/C48H38O/c1-25-21-27(3)41(28(4)22-25)37-17-15-34-33-13-9-10-14-39(33)47-46-43(34)38(37)18-16-35-31-11-7-8-12-32(31)36-19-20-40(48(49-47)45(36)44(35)46)42-29(5)23-26(2)24-30(42)6/h7-15,17,19-24H,16,18H2,1-6H3. The summed E-state index contributed by atoms with van der Waals surface area (Å²) in [6.07, 6.45) is 1.94. The fourth-order valence-corrected chi connectivity index (χ4v) is 9.88. The Labute approximate surface area is 287 Å². The summed E-state index contributed by atoms with van der Waals surface area (Å²) in [5.41, 5.74) is 18.6. The monoisotopic (exact) mass is 630 g/mol. The predicted octanol–water partition coefficient (Wildman–Crippen LogP) is 13.4. The summed E-state index contributed by atoms with van der Waals surface area (Å²) in [7, 11) is 0.